The molecule has 26 heteroatoms. The Hall–Kier alpha value is 2.50. The van der Waals surface area contributed by atoms with Crippen LogP contribution in [0.2, 0.25) is 0 Å². The van der Waals surface area contributed by atoms with Gasteiger partial charge in [-0.2, -0.15) is 0 Å². The Morgan fingerprint density at radius 1 is 0.517 bits per heavy atom. The van der Waals surface area contributed by atoms with Gasteiger partial charge in [0.1, 0.15) is 0 Å². The van der Waals surface area contributed by atoms with Gasteiger partial charge in [0.05, 0.1) is 0 Å². The summed E-state index contributed by atoms with van der Waals surface area (Å²) in [5.74, 6) is -2.75. The van der Waals surface area contributed by atoms with E-state index >= 15 is 0 Å². The van der Waals surface area contributed by atoms with E-state index in [1.807, 2.05) is 0 Å². The molecule has 0 rings (SSSR count). The van der Waals surface area contributed by atoms with Crippen LogP contribution in [0.15, 0.2) is 0 Å². The van der Waals surface area contributed by atoms with E-state index in [1.165, 1.54) is 0 Å². The fraction of sp³-hybridized carbons (Fsp3) is 1.00. The Bertz CT molecular complexity index is 691. The Morgan fingerprint density at radius 2 is 0.655 bits per heavy atom. The number of hydrogen-bond acceptors (Lipinski definition) is 7. The molecule has 0 unspecified atom stereocenters. The predicted molar refractivity (Wildman–Crippen MR) is 94.7 cm³/mol. The van der Waals surface area contributed by atoms with Crippen molar-refractivity contribution in [3.8, 4) is 0 Å². The first-order chi connectivity index (χ1) is 11.9. The van der Waals surface area contributed by atoms with Crippen molar-refractivity contribution >= 4 is 94.5 Å². The Labute approximate surface area is 195 Å². The van der Waals surface area contributed by atoms with Crippen molar-refractivity contribution in [1.29, 1.82) is 0 Å². The minimum absolute atomic E-state index is 0.863. The van der Waals surface area contributed by atoms with E-state index in [2.05, 4.69) is 0 Å². The molecule has 0 saturated heterocycles. The molecule has 0 aliphatic carbocycles. The van der Waals surface area contributed by atoms with E-state index in [1.54, 1.807) is 0 Å². The van der Waals surface area contributed by atoms with Crippen molar-refractivity contribution in [2.45, 2.75) is -0.884 Å². The first-order valence-electron chi connectivity index (χ1n) is 6.00. The molecule has 0 aromatic rings. The zero-order valence-corrected chi connectivity index (χ0v) is 22.5. The molecule has 0 saturated carbocycles. The minimum atomic E-state index is -4.89. The molecular weight excluding hydrogens is 563 g/mol. The fourth-order valence-electron chi connectivity index (χ4n) is 0.650. The van der Waals surface area contributed by atoms with Crippen molar-refractivity contribution < 1.29 is 86.1 Å². The molecule has 0 aliphatic heterocycles. The van der Waals surface area contributed by atoms with Crippen molar-refractivity contribution in [3.05, 3.63) is 0 Å². The van der Waals surface area contributed by atoms with Gasteiger partial charge in [-0.05, 0) is 0 Å². The minimum Gasteiger partial charge on any atom is -0.324 e. The topological polar surface area (TPSA) is 371 Å². The summed E-state index contributed by atoms with van der Waals surface area (Å²) in [6.07, 6.45) is 0. The number of nitrogens with two attached hydrogens (primary N) is 1. The maximum atomic E-state index is 10.4. The van der Waals surface area contributed by atoms with Gasteiger partial charge in [0.2, 0.25) is 0 Å². The van der Waals surface area contributed by atoms with Gasteiger partial charge >= 0.3 is 128 Å². The molecule has 0 atom stereocenters. The molecular formula is C3H18KNO18P6. The van der Waals surface area contributed by atoms with Crippen LogP contribution >= 0.6 is 45.6 Å². The van der Waals surface area contributed by atoms with Gasteiger partial charge in [0.15, 0.2) is 11.8 Å². The normalized spacial score (nSPS) is 14.3. The van der Waals surface area contributed by atoms with Gasteiger partial charge < -0.3 is 39.1 Å². The second-order valence-electron chi connectivity index (χ2n) is 5.12. The summed E-state index contributed by atoms with van der Waals surface area (Å²) < 4.78 is 57.6. The zero-order valence-electron chi connectivity index (χ0n) is 14.0. The van der Waals surface area contributed by atoms with Crippen LogP contribution < -0.4 is 5.73 Å². The van der Waals surface area contributed by atoms with Crippen LogP contribution in [-0.2, 0) is 27.4 Å². The molecule has 0 heterocycles. The summed E-state index contributed by atoms with van der Waals surface area (Å²) in [6, 6.07) is 0. The molecule has 0 spiro atoms. The molecule has 0 aromatic heterocycles. The van der Waals surface area contributed by atoms with Gasteiger partial charge in [0, 0.05) is 0 Å². The summed E-state index contributed by atoms with van der Waals surface area (Å²) in [7, 11) is -28.0. The summed E-state index contributed by atoms with van der Waals surface area (Å²) >= 11 is -0.863. The molecule has 0 aromatic carbocycles. The van der Waals surface area contributed by atoms with Gasteiger partial charge in [-0.15, -0.1) is 0 Å². The first-order valence-corrected chi connectivity index (χ1v) is 18.0. The van der Waals surface area contributed by atoms with Gasteiger partial charge in [-0.1, -0.05) is 0 Å². The monoisotopic (exact) mass is 581 g/mol. The molecule has 0 bridgehead atoms. The third kappa shape index (κ3) is 23.5. The molecule has 19 nitrogen and oxygen atoms in total. The number of hydrogen-bond donors (Lipinski definition) is 13. The summed E-state index contributed by atoms with van der Waals surface area (Å²) in [5, 5.41) is 0. The van der Waals surface area contributed by atoms with E-state index in [-0.39, 0.29) is 0 Å². The molecule has 14 N–H and O–H groups in total. The third-order valence-corrected chi connectivity index (χ3v) is 17.2. The molecule has 29 heavy (non-hydrogen) atoms. The van der Waals surface area contributed by atoms with Crippen LogP contribution in [0.25, 0.3) is 0 Å². The van der Waals surface area contributed by atoms with E-state index in [0.29, 0.717) is 0 Å². The average molecular weight is 581 g/mol. The summed E-state index contributed by atoms with van der Waals surface area (Å²) in [6.45, 7) is 0. The van der Waals surface area contributed by atoms with Crippen molar-refractivity contribution in [2.24, 2.45) is 5.73 Å². The van der Waals surface area contributed by atoms with E-state index in [9.17, 15) is 27.4 Å². The first kappa shape index (κ1) is 36.1. The fourth-order valence-corrected chi connectivity index (χ4v) is 5.85. The van der Waals surface area contributed by atoms with Crippen LogP contribution in [0, 0.1) is 0 Å². The van der Waals surface area contributed by atoms with Crippen LogP contribution in [0.4, 0.5) is 0 Å². The zero-order chi connectivity index (χ0) is 24.9. The van der Waals surface area contributed by atoms with E-state index in [0.717, 1.165) is 0 Å². The predicted octanol–water partition coefficient (Wildman–Crippen LogP) is -3.32. The average Bonchev–Trinajstić information content (AvgIpc) is 2.15. The summed E-state index contributed by atoms with van der Waals surface area (Å²) in [5.41, 5.74) is 4.83. The van der Waals surface area contributed by atoms with Crippen molar-refractivity contribution in [3.63, 3.8) is 0 Å². The second-order valence-corrected chi connectivity index (χ2v) is 22.2. The van der Waals surface area contributed by atoms with Crippen LogP contribution in [-0.4, -0.2) is 119 Å². The summed E-state index contributed by atoms with van der Waals surface area (Å²) in [4.78, 5) is 97.5. The standard InChI is InChI=1S/CH6NO6P2.2CH6O6P2.K/c2-1(9(3,4)5)10(6,7)8;2*2-8(3,4)1-9(5,6)7;/h2H2,(H2,3,4,5)(H2,6,7,8);2*1H2,(H2,2,3,4)(H2,5,6,7);. The van der Waals surface area contributed by atoms with E-state index in [4.69, 9.17) is 64.5 Å². The molecule has 0 radical (unpaired) electrons. The van der Waals surface area contributed by atoms with Gasteiger partial charge in [-0.3, -0.25) is 18.3 Å². The quantitative estimate of drug-likeness (QED) is 0.108. The maximum absolute atomic E-state index is 10.4. The van der Waals surface area contributed by atoms with Crippen LogP contribution in [0.5, 0.6) is 0 Å². The number of rotatable bonds is 6. The molecule has 0 fully saturated rings. The Kier molecular flexibility index (Phi) is 15.3. The molecule has 0 aliphatic rings. The Morgan fingerprint density at radius 3 is 0.655 bits per heavy atom. The maximum Gasteiger partial charge on any atom is 0.337 e. The van der Waals surface area contributed by atoms with Gasteiger partial charge in [-0.25, -0.2) is 0 Å². The SMILES string of the molecule is N[C]([K])(P(=O)(O)O)P(=O)(O)O.O=P(O)(O)CP(=O)(O)O.O=P(O)(O)CP(=O)(O)O. The van der Waals surface area contributed by atoms with Crippen molar-refractivity contribution in [1.82, 2.24) is 0 Å². The third-order valence-electron chi connectivity index (χ3n) is 1.92. The smallest absolute Gasteiger partial charge is 0.324 e. The van der Waals surface area contributed by atoms with Crippen molar-refractivity contribution in [2.75, 3.05) is 11.8 Å². The molecule has 174 valence electrons. The Balaban J connectivity index is -0.000000352. The van der Waals surface area contributed by atoms with E-state index < -0.39 is 105 Å². The van der Waals surface area contributed by atoms with Crippen LogP contribution in [0.3, 0.4) is 0 Å². The van der Waals surface area contributed by atoms with Crippen LogP contribution in [0.1, 0.15) is 0 Å². The van der Waals surface area contributed by atoms with Gasteiger partial charge in [0.25, 0.3) is 0 Å². The second kappa shape index (κ2) is 12.3. The molecule has 0 amide bonds. The largest absolute Gasteiger partial charge is 0.337 e.